The Morgan fingerprint density at radius 1 is 1.13 bits per heavy atom. The highest BCUT2D eigenvalue weighted by Gasteiger charge is 2.15. The summed E-state index contributed by atoms with van der Waals surface area (Å²) >= 11 is 2.57. The van der Waals surface area contributed by atoms with Gasteiger partial charge in [-0.2, -0.15) is 0 Å². The number of nitrogens with zero attached hydrogens (tertiary/aromatic N) is 1. The van der Waals surface area contributed by atoms with Crippen LogP contribution in [0.15, 0.2) is 53.9 Å². The van der Waals surface area contributed by atoms with Gasteiger partial charge in [0.25, 0.3) is 5.91 Å². The third-order valence-electron chi connectivity index (χ3n) is 4.58. The third-order valence-corrected chi connectivity index (χ3v) is 6.44. The summed E-state index contributed by atoms with van der Waals surface area (Å²) in [5.41, 5.74) is 2.65. The number of benzene rings is 2. The normalized spacial score (nSPS) is 12.0. The number of anilines is 1. The van der Waals surface area contributed by atoms with Crippen LogP contribution in [0.5, 0.6) is 0 Å². The van der Waals surface area contributed by atoms with Gasteiger partial charge in [-0.05, 0) is 30.7 Å². The first kappa shape index (κ1) is 20.2. The summed E-state index contributed by atoms with van der Waals surface area (Å²) in [6, 6.07) is 14.0. The maximum atomic E-state index is 13.9. The minimum atomic E-state index is -0.337. The molecule has 0 spiro atoms. The zero-order chi connectivity index (χ0) is 21.3. The number of carbonyl (C=O) groups is 2. The van der Waals surface area contributed by atoms with Gasteiger partial charge in [0.15, 0.2) is 5.13 Å². The lowest BCUT2D eigenvalue weighted by molar-refractivity contribution is -0.119. The van der Waals surface area contributed by atoms with E-state index >= 15 is 0 Å². The van der Waals surface area contributed by atoms with Gasteiger partial charge in [-0.1, -0.05) is 30.3 Å². The van der Waals surface area contributed by atoms with Gasteiger partial charge in [0, 0.05) is 28.0 Å². The quantitative estimate of drug-likeness (QED) is 0.424. The highest BCUT2D eigenvalue weighted by Crippen LogP contribution is 2.30. The zero-order valence-electron chi connectivity index (χ0n) is 16.2. The van der Waals surface area contributed by atoms with E-state index in [4.69, 9.17) is 0 Å². The lowest BCUT2D eigenvalue weighted by Gasteiger charge is -2.12. The predicted molar refractivity (Wildman–Crippen MR) is 120 cm³/mol. The summed E-state index contributed by atoms with van der Waals surface area (Å²) in [5, 5.41) is 8.43. The van der Waals surface area contributed by atoms with Crippen molar-refractivity contribution in [2.75, 3.05) is 5.32 Å². The van der Waals surface area contributed by atoms with Gasteiger partial charge < -0.3 is 5.32 Å². The average molecular weight is 440 g/mol. The molecule has 0 saturated heterocycles. The van der Waals surface area contributed by atoms with Crippen LogP contribution in [-0.2, 0) is 4.79 Å². The van der Waals surface area contributed by atoms with Crippen LogP contribution >= 0.6 is 22.7 Å². The minimum absolute atomic E-state index is 0.0759. The SMILES string of the molecule is CC(=O)NC(C)c1ccc(-c2csc(NC(=O)c3cc4c(F)cccc4s3)n2)cc1. The van der Waals surface area contributed by atoms with Crippen molar-refractivity contribution in [1.29, 1.82) is 0 Å². The van der Waals surface area contributed by atoms with Crippen LogP contribution in [0, 0.1) is 5.82 Å². The zero-order valence-corrected chi connectivity index (χ0v) is 17.9. The predicted octanol–water partition coefficient (Wildman–Crippen LogP) is 5.61. The summed E-state index contributed by atoms with van der Waals surface area (Å²) in [7, 11) is 0. The molecule has 4 rings (SSSR count). The molecule has 2 aromatic heterocycles. The Morgan fingerprint density at radius 2 is 1.90 bits per heavy atom. The minimum Gasteiger partial charge on any atom is -0.350 e. The van der Waals surface area contributed by atoms with Gasteiger partial charge in [-0.25, -0.2) is 9.37 Å². The lowest BCUT2D eigenvalue weighted by Crippen LogP contribution is -2.23. The van der Waals surface area contributed by atoms with Crippen LogP contribution in [0.4, 0.5) is 9.52 Å². The van der Waals surface area contributed by atoms with E-state index in [1.807, 2.05) is 36.6 Å². The molecular weight excluding hydrogens is 421 g/mol. The fourth-order valence-corrected chi connectivity index (χ4v) is 4.78. The molecule has 0 radical (unpaired) electrons. The molecular formula is C22H18FN3O2S2. The number of nitrogens with one attached hydrogen (secondary N) is 2. The smallest absolute Gasteiger partial charge is 0.267 e. The molecule has 30 heavy (non-hydrogen) atoms. The van der Waals surface area contributed by atoms with E-state index in [9.17, 15) is 14.0 Å². The fourth-order valence-electron chi connectivity index (χ4n) is 3.09. The summed E-state index contributed by atoms with van der Waals surface area (Å²) < 4.78 is 14.6. The van der Waals surface area contributed by atoms with Crippen molar-refractivity contribution < 1.29 is 14.0 Å². The van der Waals surface area contributed by atoms with Crippen LogP contribution < -0.4 is 10.6 Å². The molecule has 0 aliphatic rings. The first-order valence-corrected chi connectivity index (χ1v) is 10.9. The first-order valence-electron chi connectivity index (χ1n) is 9.23. The topological polar surface area (TPSA) is 71.1 Å². The third kappa shape index (κ3) is 4.24. The van der Waals surface area contributed by atoms with E-state index in [0.717, 1.165) is 21.5 Å². The number of hydrogen-bond donors (Lipinski definition) is 2. The number of fused-ring (bicyclic) bond motifs is 1. The number of thiophene rings is 1. The van der Waals surface area contributed by atoms with Crippen LogP contribution in [0.1, 0.15) is 35.1 Å². The van der Waals surface area contributed by atoms with Crippen molar-refractivity contribution in [2.24, 2.45) is 0 Å². The molecule has 2 amide bonds. The second-order valence-electron chi connectivity index (χ2n) is 6.80. The van der Waals surface area contributed by atoms with Crippen LogP contribution in [0.3, 0.4) is 0 Å². The molecule has 0 aliphatic heterocycles. The van der Waals surface area contributed by atoms with Crippen LogP contribution in [0.25, 0.3) is 21.3 Å². The second-order valence-corrected chi connectivity index (χ2v) is 8.74. The average Bonchev–Trinajstić information content (AvgIpc) is 3.35. The van der Waals surface area contributed by atoms with E-state index in [0.29, 0.717) is 15.4 Å². The van der Waals surface area contributed by atoms with Crippen molar-refractivity contribution in [3.63, 3.8) is 0 Å². The Hall–Kier alpha value is -3.10. The Balaban J connectivity index is 1.47. The largest absolute Gasteiger partial charge is 0.350 e. The van der Waals surface area contributed by atoms with Gasteiger partial charge in [0.1, 0.15) is 5.82 Å². The van der Waals surface area contributed by atoms with Gasteiger partial charge in [-0.3, -0.25) is 14.9 Å². The van der Waals surface area contributed by atoms with Crippen molar-refractivity contribution in [3.05, 3.63) is 70.2 Å². The number of hydrogen-bond acceptors (Lipinski definition) is 5. The molecule has 2 heterocycles. The van der Waals surface area contributed by atoms with E-state index in [-0.39, 0.29) is 23.7 Å². The summed E-state index contributed by atoms with van der Waals surface area (Å²) in [4.78, 5) is 28.7. The number of amides is 2. The number of aromatic nitrogens is 1. The summed E-state index contributed by atoms with van der Waals surface area (Å²) in [6.07, 6.45) is 0. The van der Waals surface area contributed by atoms with E-state index < -0.39 is 0 Å². The number of carbonyl (C=O) groups excluding carboxylic acids is 2. The highest BCUT2D eigenvalue weighted by atomic mass is 32.1. The molecule has 2 N–H and O–H groups in total. The van der Waals surface area contributed by atoms with Crippen molar-refractivity contribution in [3.8, 4) is 11.3 Å². The molecule has 5 nitrogen and oxygen atoms in total. The van der Waals surface area contributed by atoms with Gasteiger partial charge in [-0.15, -0.1) is 22.7 Å². The molecule has 2 aromatic carbocycles. The summed E-state index contributed by atoms with van der Waals surface area (Å²) in [6.45, 7) is 3.41. The Morgan fingerprint density at radius 3 is 2.60 bits per heavy atom. The van der Waals surface area contributed by atoms with Crippen molar-refractivity contribution in [2.45, 2.75) is 19.9 Å². The van der Waals surface area contributed by atoms with E-state index in [1.54, 1.807) is 18.2 Å². The lowest BCUT2D eigenvalue weighted by atomic mass is 10.1. The molecule has 0 saturated carbocycles. The Labute approximate surface area is 180 Å². The molecule has 0 fully saturated rings. The molecule has 0 aliphatic carbocycles. The molecule has 1 atom stereocenters. The Kier molecular flexibility index (Phi) is 5.61. The molecule has 152 valence electrons. The first-order chi connectivity index (χ1) is 14.4. The van der Waals surface area contributed by atoms with Crippen molar-refractivity contribution >= 4 is 49.7 Å². The molecule has 1 unspecified atom stereocenters. The van der Waals surface area contributed by atoms with Crippen LogP contribution in [-0.4, -0.2) is 16.8 Å². The summed E-state index contributed by atoms with van der Waals surface area (Å²) in [5.74, 6) is -0.723. The van der Waals surface area contributed by atoms with Crippen molar-refractivity contribution in [1.82, 2.24) is 10.3 Å². The molecule has 0 bridgehead atoms. The standard InChI is InChI=1S/C22H18FN3O2S2/c1-12(24-13(2)27)14-6-8-15(9-7-14)18-11-29-22(25-18)26-21(28)20-10-16-17(23)4-3-5-19(16)30-20/h3-12H,1-2H3,(H,24,27)(H,25,26,28). The fraction of sp³-hybridized carbons (Fsp3) is 0.136. The van der Waals surface area contributed by atoms with E-state index in [1.165, 1.54) is 35.7 Å². The monoisotopic (exact) mass is 439 g/mol. The van der Waals surface area contributed by atoms with Gasteiger partial charge in [0.2, 0.25) is 5.91 Å². The highest BCUT2D eigenvalue weighted by molar-refractivity contribution is 7.21. The number of rotatable bonds is 5. The van der Waals surface area contributed by atoms with Gasteiger partial charge >= 0.3 is 0 Å². The molecule has 4 aromatic rings. The Bertz CT molecular complexity index is 1230. The maximum absolute atomic E-state index is 13.9. The second kappa shape index (κ2) is 8.33. The number of halogens is 1. The molecule has 8 heteroatoms. The maximum Gasteiger partial charge on any atom is 0.267 e. The van der Waals surface area contributed by atoms with Crippen LogP contribution in [0.2, 0.25) is 0 Å². The number of thiazole rings is 1. The van der Waals surface area contributed by atoms with Gasteiger partial charge in [0.05, 0.1) is 16.6 Å². The van der Waals surface area contributed by atoms with E-state index in [2.05, 4.69) is 15.6 Å².